The third-order valence-corrected chi connectivity index (χ3v) is 3.42. The maximum atomic E-state index is 11.9. The zero-order valence-corrected chi connectivity index (χ0v) is 10.0. The zero-order valence-electron chi connectivity index (χ0n) is 9.20. The van der Waals surface area contributed by atoms with Crippen molar-refractivity contribution in [2.45, 2.75) is 19.3 Å². The number of aromatic nitrogens is 2. The van der Waals surface area contributed by atoms with Gasteiger partial charge in [-0.3, -0.25) is 9.59 Å². The third-order valence-electron chi connectivity index (χ3n) is 2.92. The van der Waals surface area contributed by atoms with E-state index in [0.29, 0.717) is 31.1 Å². The van der Waals surface area contributed by atoms with Crippen molar-refractivity contribution in [3.8, 4) is 0 Å². The van der Waals surface area contributed by atoms with E-state index in [9.17, 15) is 9.59 Å². The van der Waals surface area contributed by atoms with Crippen molar-refractivity contribution in [2.75, 3.05) is 13.1 Å². The summed E-state index contributed by atoms with van der Waals surface area (Å²) >= 11 is 1.16. The van der Waals surface area contributed by atoms with Gasteiger partial charge in [-0.2, -0.15) is 0 Å². The molecule has 1 amide bonds. The molecule has 7 heteroatoms. The number of hydrogen-bond acceptors (Lipinski definition) is 5. The number of hydrogen-bond donors (Lipinski definition) is 1. The molecule has 0 bridgehead atoms. The highest BCUT2D eigenvalue weighted by atomic mass is 32.1. The van der Waals surface area contributed by atoms with Gasteiger partial charge in [0.05, 0.1) is 0 Å². The second-order valence-corrected chi connectivity index (χ2v) is 4.74. The molecule has 6 nitrogen and oxygen atoms in total. The fraction of sp³-hybridized carbons (Fsp3) is 0.600. The molecule has 1 unspecified atom stereocenters. The quantitative estimate of drug-likeness (QED) is 0.862. The molecule has 1 aromatic rings. The van der Waals surface area contributed by atoms with E-state index < -0.39 is 5.97 Å². The Labute approximate surface area is 102 Å². The summed E-state index contributed by atoms with van der Waals surface area (Å²) in [6, 6.07) is 0. The predicted octanol–water partition coefficient (Wildman–Crippen LogP) is 0.865. The van der Waals surface area contributed by atoms with Gasteiger partial charge < -0.3 is 10.0 Å². The van der Waals surface area contributed by atoms with Crippen LogP contribution in [0.4, 0.5) is 0 Å². The molecule has 1 fully saturated rings. The largest absolute Gasteiger partial charge is 0.481 e. The summed E-state index contributed by atoms with van der Waals surface area (Å²) in [5.41, 5.74) is 0.383. The van der Waals surface area contributed by atoms with Crippen LogP contribution in [-0.4, -0.2) is 44.6 Å². The summed E-state index contributed by atoms with van der Waals surface area (Å²) in [7, 11) is 0. The van der Waals surface area contributed by atoms with E-state index in [0.717, 1.165) is 18.0 Å². The minimum absolute atomic E-state index is 0.100. The number of carbonyl (C=O) groups excluding carboxylic acids is 1. The van der Waals surface area contributed by atoms with Crippen molar-refractivity contribution in [3.63, 3.8) is 0 Å². The number of carboxylic acid groups (broad SMARTS) is 1. The topological polar surface area (TPSA) is 83.4 Å². The van der Waals surface area contributed by atoms with E-state index in [4.69, 9.17) is 5.11 Å². The van der Waals surface area contributed by atoms with Crippen molar-refractivity contribution in [2.24, 2.45) is 5.92 Å². The summed E-state index contributed by atoms with van der Waals surface area (Å²) in [5.74, 6) is -0.586. The maximum absolute atomic E-state index is 11.9. The van der Waals surface area contributed by atoms with Gasteiger partial charge in [0.1, 0.15) is 0 Å². The van der Waals surface area contributed by atoms with Gasteiger partial charge in [-0.1, -0.05) is 4.49 Å². The minimum atomic E-state index is -0.779. The first-order valence-electron chi connectivity index (χ1n) is 5.45. The summed E-state index contributed by atoms with van der Waals surface area (Å²) in [4.78, 5) is 24.1. The number of carboxylic acids is 1. The van der Waals surface area contributed by atoms with Crippen LogP contribution in [-0.2, 0) is 4.79 Å². The van der Waals surface area contributed by atoms with Crippen LogP contribution in [0.25, 0.3) is 0 Å². The lowest BCUT2D eigenvalue weighted by atomic mass is 10.0. The van der Waals surface area contributed by atoms with E-state index >= 15 is 0 Å². The average Bonchev–Trinajstić information content (AvgIpc) is 2.97. The first-order valence-corrected chi connectivity index (χ1v) is 6.28. The lowest BCUT2D eigenvalue weighted by Crippen LogP contribution is -2.29. The summed E-state index contributed by atoms with van der Waals surface area (Å²) < 4.78 is 3.66. The van der Waals surface area contributed by atoms with Gasteiger partial charge in [0.2, 0.25) is 0 Å². The third kappa shape index (κ3) is 3.00. The van der Waals surface area contributed by atoms with Crippen LogP contribution in [0.2, 0.25) is 0 Å². The highest BCUT2D eigenvalue weighted by Crippen LogP contribution is 2.22. The van der Waals surface area contributed by atoms with Crippen LogP contribution < -0.4 is 0 Å². The van der Waals surface area contributed by atoms with Crippen LogP contribution in [0, 0.1) is 5.92 Å². The number of rotatable bonds is 4. The van der Waals surface area contributed by atoms with E-state index in [-0.39, 0.29) is 12.3 Å². The Bertz CT molecular complexity index is 407. The first kappa shape index (κ1) is 12.0. The maximum Gasteiger partial charge on any atom is 0.303 e. The molecule has 17 heavy (non-hydrogen) atoms. The smallest absolute Gasteiger partial charge is 0.303 e. The Balaban J connectivity index is 1.85. The molecule has 1 saturated heterocycles. The molecular weight excluding hydrogens is 242 g/mol. The molecule has 92 valence electrons. The average molecular weight is 255 g/mol. The van der Waals surface area contributed by atoms with Gasteiger partial charge in [0.25, 0.3) is 5.91 Å². The van der Waals surface area contributed by atoms with Crippen molar-refractivity contribution >= 4 is 23.4 Å². The van der Waals surface area contributed by atoms with Crippen LogP contribution in [0.15, 0.2) is 5.38 Å². The molecule has 2 heterocycles. The summed E-state index contributed by atoms with van der Waals surface area (Å²) in [6.07, 6.45) is 1.68. The van der Waals surface area contributed by atoms with Crippen molar-refractivity contribution in [1.29, 1.82) is 0 Å². The fourth-order valence-corrected chi connectivity index (χ4v) is 2.43. The Morgan fingerprint density at radius 1 is 1.59 bits per heavy atom. The number of carbonyl (C=O) groups is 2. The Hall–Kier alpha value is -1.50. The highest BCUT2D eigenvalue weighted by Gasteiger charge is 2.28. The predicted molar refractivity (Wildman–Crippen MR) is 60.8 cm³/mol. The van der Waals surface area contributed by atoms with E-state index in [1.54, 1.807) is 10.3 Å². The molecular formula is C10H13N3O3S. The van der Waals surface area contributed by atoms with Gasteiger partial charge in [-0.25, -0.2) is 0 Å². The number of likely N-dealkylation sites (tertiary alicyclic amines) is 1. The second-order valence-electron chi connectivity index (χ2n) is 4.13. The second kappa shape index (κ2) is 5.22. The molecule has 0 aromatic carbocycles. The molecule has 0 saturated carbocycles. The zero-order chi connectivity index (χ0) is 12.3. The van der Waals surface area contributed by atoms with E-state index in [2.05, 4.69) is 9.59 Å². The monoisotopic (exact) mass is 255 g/mol. The van der Waals surface area contributed by atoms with Gasteiger partial charge in [0.15, 0.2) is 5.69 Å². The normalized spacial score (nSPS) is 19.5. The lowest BCUT2D eigenvalue weighted by Gasteiger charge is -2.14. The van der Waals surface area contributed by atoms with Crippen LogP contribution in [0.3, 0.4) is 0 Å². The highest BCUT2D eigenvalue weighted by molar-refractivity contribution is 7.03. The summed E-state index contributed by atoms with van der Waals surface area (Å²) in [6.45, 7) is 1.31. The van der Waals surface area contributed by atoms with E-state index in [1.165, 1.54) is 0 Å². The Morgan fingerprint density at radius 3 is 3.06 bits per heavy atom. The lowest BCUT2D eigenvalue weighted by molar-refractivity contribution is -0.137. The molecule has 2 rings (SSSR count). The molecule has 1 aliphatic heterocycles. The first-order chi connectivity index (χ1) is 8.16. The molecule has 0 spiro atoms. The standard InChI is InChI=1S/C10H13N3O3S/c14-9(15)2-1-7-3-4-13(5-7)10(16)8-6-17-12-11-8/h6-7H,1-5H2,(H,14,15). The van der Waals surface area contributed by atoms with Crippen molar-refractivity contribution in [3.05, 3.63) is 11.1 Å². The summed E-state index contributed by atoms with van der Waals surface area (Å²) in [5, 5.41) is 14.0. The SMILES string of the molecule is O=C(O)CCC1CCN(C(=O)c2csnn2)C1. The van der Waals surface area contributed by atoms with Crippen LogP contribution in [0.5, 0.6) is 0 Å². The van der Waals surface area contributed by atoms with Crippen molar-refractivity contribution in [1.82, 2.24) is 14.5 Å². The minimum Gasteiger partial charge on any atom is -0.481 e. The van der Waals surface area contributed by atoms with Gasteiger partial charge >= 0.3 is 5.97 Å². The van der Waals surface area contributed by atoms with Gasteiger partial charge in [-0.05, 0) is 30.3 Å². The molecule has 1 aromatic heterocycles. The molecule has 0 aliphatic carbocycles. The van der Waals surface area contributed by atoms with E-state index in [1.807, 2.05) is 0 Å². The number of amides is 1. The molecule has 0 radical (unpaired) electrons. The van der Waals surface area contributed by atoms with Gasteiger partial charge in [0, 0.05) is 24.9 Å². The number of nitrogens with zero attached hydrogens (tertiary/aromatic N) is 3. The molecule has 1 aliphatic rings. The Kier molecular flexibility index (Phi) is 3.68. The van der Waals surface area contributed by atoms with Crippen molar-refractivity contribution < 1.29 is 14.7 Å². The van der Waals surface area contributed by atoms with Crippen LogP contribution >= 0.6 is 11.5 Å². The Morgan fingerprint density at radius 2 is 2.41 bits per heavy atom. The molecule has 1 N–H and O–H groups in total. The molecule has 1 atom stereocenters. The van der Waals surface area contributed by atoms with Crippen LogP contribution in [0.1, 0.15) is 29.8 Å². The number of aliphatic carboxylic acids is 1. The fourth-order valence-electron chi connectivity index (χ4n) is 2.00. The van der Waals surface area contributed by atoms with Gasteiger partial charge in [-0.15, -0.1) is 5.10 Å².